The quantitative estimate of drug-likeness (QED) is 0.173. The highest BCUT2D eigenvalue weighted by Crippen LogP contribution is 2.41. The van der Waals surface area contributed by atoms with Crippen molar-refractivity contribution >= 4 is 23.4 Å². The number of ether oxygens (including phenoxy) is 3. The van der Waals surface area contributed by atoms with Crippen molar-refractivity contribution in [3.05, 3.63) is 86.2 Å². The summed E-state index contributed by atoms with van der Waals surface area (Å²) in [5, 5.41) is 17.4. The van der Waals surface area contributed by atoms with Crippen molar-refractivity contribution in [3.63, 3.8) is 0 Å². The standard InChI is InChI=1S/C25H24N4O6S/c1-32-21-13-18(14-22(33-2)24(21)34-3)20-16-36-25(26-12-11-17-7-5-4-6-8-17)28(20)27-15-19-9-10-23(35-19)29(30)31/h4-10,13-16H,11-12H2,1-3H3. The first-order valence-corrected chi connectivity index (χ1v) is 11.8. The molecule has 10 nitrogen and oxygen atoms in total. The summed E-state index contributed by atoms with van der Waals surface area (Å²) in [7, 11) is 4.64. The zero-order valence-corrected chi connectivity index (χ0v) is 20.7. The molecule has 0 fully saturated rings. The molecule has 0 amide bonds. The number of furan rings is 1. The first-order chi connectivity index (χ1) is 17.5. The summed E-state index contributed by atoms with van der Waals surface area (Å²) in [6.45, 7) is 0.557. The van der Waals surface area contributed by atoms with E-state index in [1.165, 1.54) is 35.2 Å². The zero-order valence-electron chi connectivity index (χ0n) is 19.9. The maximum atomic E-state index is 11.0. The molecule has 186 valence electrons. The van der Waals surface area contributed by atoms with E-state index in [9.17, 15) is 10.1 Å². The van der Waals surface area contributed by atoms with Crippen LogP contribution in [0.1, 0.15) is 11.3 Å². The van der Waals surface area contributed by atoms with Crippen LogP contribution in [0.4, 0.5) is 5.88 Å². The van der Waals surface area contributed by atoms with Crippen LogP contribution in [0.15, 0.2) is 74.5 Å². The first-order valence-electron chi connectivity index (χ1n) is 10.9. The summed E-state index contributed by atoms with van der Waals surface area (Å²) >= 11 is 1.42. The van der Waals surface area contributed by atoms with Crippen molar-refractivity contribution in [1.82, 2.24) is 4.68 Å². The van der Waals surface area contributed by atoms with Gasteiger partial charge in [0.05, 0.1) is 39.3 Å². The number of hydrogen-bond acceptors (Lipinski definition) is 9. The SMILES string of the molecule is COc1cc(-c2csc(=NCCc3ccccc3)n2N=Cc2ccc([N+](=O)[O-])o2)cc(OC)c1OC. The molecule has 0 atom stereocenters. The molecular formula is C25H24N4O6S. The summed E-state index contributed by atoms with van der Waals surface area (Å²) in [6.07, 6.45) is 2.18. The Hall–Kier alpha value is -4.38. The van der Waals surface area contributed by atoms with E-state index in [4.69, 9.17) is 23.6 Å². The lowest BCUT2D eigenvalue weighted by molar-refractivity contribution is -0.402. The van der Waals surface area contributed by atoms with Crippen molar-refractivity contribution in [2.45, 2.75) is 6.42 Å². The Morgan fingerprint density at radius 2 is 1.78 bits per heavy atom. The number of hydrogen-bond donors (Lipinski definition) is 0. The average molecular weight is 509 g/mol. The van der Waals surface area contributed by atoms with Gasteiger partial charge in [-0.3, -0.25) is 15.1 Å². The van der Waals surface area contributed by atoms with Gasteiger partial charge in [-0.2, -0.15) is 5.10 Å². The molecule has 11 heteroatoms. The fourth-order valence-electron chi connectivity index (χ4n) is 3.50. The van der Waals surface area contributed by atoms with E-state index in [-0.39, 0.29) is 11.6 Å². The Morgan fingerprint density at radius 1 is 1.06 bits per heavy atom. The largest absolute Gasteiger partial charge is 0.493 e. The van der Waals surface area contributed by atoms with Crippen LogP contribution in [0.3, 0.4) is 0 Å². The van der Waals surface area contributed by atoms with Crippen molar-refractivity contribution in [2.24, 2.45) is 10.1 Å². The number of rotatable bonds is 10. The Balaban J connectivity index is 1.76. The summed E-state index contributed by atoms with van der Waals surface area (Å²) < 4.78 is 23.3. The van der Waals surface area contributed by atoms with Gasteiger partial charge in [0, 0.05) is 17.5 Å². The number of methoxy groups -OCH3 is 3. The Labute approximate surface area is 210 Å². The Morgan fingerprint density at radius 3 is 2.39 bits per heavy atom. The van der Waals surface area contributed by atoms with E-state index in [2.05, 4.69) is 17.2 Å². The van der Waals surface area contributed by atoms with Gasteiger partial charge in [0.2, 0.25) is 10.6 Å². The number of benzene rings is 2. The van der Waals surface area contributed by atoms with Crippen LogP contribution in [-0.4, -0.2) is 43.7 Å². The number of thiazole rings is 1. The van der Waals surface area contributed by atoms with Gasteiger partial charge in [-0.05, 0) is 30.2 Å². The Bertz CT molecular complexity index is 1410. The summed E-state index contributed by atoms with van der Waals surface area (Å²) in [5.74, 6) is 1.36. The van der Waals surface area contributed by atoms with Crippen LogP contribution in [0, 0.1) is 10.1 Å². The number of nitro groups is 1. The minimum atomic E-state index is -0.596. The van der Waals surface area contributed by atoms with Crippen LogP contribution < -0.4 is 19.0 Å². The highest BCUT2D eigenvalue weighted by atomic mass is 32.1. The maximum Gasteiger partial charge on any atom is 0.433 e. The molecule has 0 bridgehead atoms. The molecule has 0 saturated heterocycles. The van der Waals surface area contributed by atoms with Crippen molar-refractivity contribution in [2.75, 3.05) is 27.9 Å². The van der Waals surface area contributed by atoms with Gasteiger partial charge < -0.3 is 18.6 Å². The molecule has 36 heavy (non-hydrogen) atoms. The summed E-state index contributed by atoms with van der Waals surface area (Å²) in [6, 6.07) is 16.5. The molecule has 0 N–H and O–H groups in total. The summed E-state index contributed by atoms with van der Waals surface area (Å²) in [5.41, 5.74) is 2.66. The van der Waals surface area contributed by atoms with E-state index < -0.39 is 4.92 Å². The minimum Gasteiger partial charge on any atom is -0.493 e. The smallest absolute Gasteiger partial charge is 0.433 e. The van der Waals surface area contributed by atoms with Gasteiger partial charge in [0.25, 0.3) is 0 Å². The second-order valence-electron chi connectivity index (χ2n) is 7.42. The van der Waals surface area contributed by atoms with Crippen LogP contribution in [0.25, 0.3) is 11.3 Å². The molecule has 2 aromatic heterocycles. The van der Waals surface area contributed by atoms with Gasteiger partial charge >= 0.3 is 5.88 Å². The Kier molecular flexibility index (Phi) is 7.81. The fourth-order valence-corrected chi connectivity index (χ4v) is 4.36. The van der Waals surface area contributed by atoms with E-state index in [0.717, 1.165) is 17.7 Å². The van der Waals surface area contributed by atoms with E-state index >= 15 is 0 Å². The number of nitrogens with zero attached hydrogens (tertiary/aromatic N) is 4. The van der Waals surface area contributed by atoms with Crippen LogP contribution >= 0.6 is 11.3 Å². The maximum absolute atomic E-state index is 11.0. The molecule has 0 unspecified atom stereocenters. The van der Waals surface area contributed by atoms with E-state index in [0.29, 0.717) is 28.6 Å². The lowest BCUT2D eigenvalue weighted by atomic mass is 10.1. The summed E-state index contributed by atoms with van der Waals surface area (Å²) in [4.78, 5) is 15.8. The molecule has 2 heterocycles. The molecular weight excluding hydrogens is 484 g/mol. The van der Waals surface area contributed by atoms with Gasteiger partial charge in [-0.15, -0.1) is 11.3 Å². The van der Waals surface area contributed by atoms with Crippen LogP contribution in [0.2, 0.25) is 0 Å². The lowest BCUT2D eigenvalue weighted by Crippen LogP contribution is -2.13. The van der Waals surface area contributed by atoms with Gasteiger partial charge in [-0.1, -0.05) is 30.3 Å². The lowest BCUT2D eigenvalue weighted by Gasteiger charge is -2.14. The second kappa shape index (κ2) is 11.4. The molecule has 4 rings (SSSR count). The van der Waals surface area contributed by atoms with E-state index in [1.807, 2.05) is 35.7 Å². The molecule has 4 aromatic rings. The predicted molar refractivity (Wildman–Crippen MR) is 136 cm³/mol. The zero-order chi connectivity index (χ0) is 25.5. The second-order valence-corrected chi connectivity index (χ2v) is 8.26. The number of aromatic nitrogens is 1. The van der Waals surface area contributed by atoms with Crippen LogP contribution in [-0.2, 0) is 6.42 Å². The minimum absolute atomic E-state index is 0.242. The average Bonchev–Trinajstić information content (AvgIpc) is 3.54. The molecule has 2 aromatic carbocycles. The monoisotopic (exact) mass is 508 g/mol. The van der Waals surface area contributed by atoms with Crippen molar-refractivity contribution in [3.8, 4) is 28.5 Å². The van der Waals surface area contributed by atoms with Crippen molar-refractivity contribution < 1.29 is 23.6 Å². The fraction of sp³-hybridized carbons (Fsp3) is 0.200. The molecule has 0 aliphatic heterocycles. The first kappa shape index (κ1) is 24.7. The molecule has 0 aliphatic rings. The highest BCUT2D eigenvalue weighted by Gasteiger charge is 2.17. The van der Waals surface area contributed by atoms with Gasteiger partial charge in [0.1, 0.15) is 4.92 Å². The molecule has 0 saturated carbocycles. The van der Waals surface area contributed by atoms with Gasteiger partial charge in [0.15, 0.2) is 17.3 Å². The third kappa shape index (κ3) is 5.47. The van der Waals surface area contributed by atoms with Gasteiger partial charge in [-0.25, -0.2) is 4.68 Å². The predicted octanol–water partition coefficient (Wildman–Crippen LogP) is 4.77. The molecule has 0 radical (unpaired) electrons. The topological polar surface area (TPSA) is 114 Å². The van der Waals surface area contributed by atoms with Crippen molar-refractivity contribution in [1.29, 1.82) is 0 Å². The molecule has 0 spiro atoms. The third-order valence-corrected chi connectivity index (χ3v) is 6.08. The molecule has 0 aliphatic carbocycles. The highest BCUT2D eigenvalue weighted by molar-refractivity contribution is 7.07. The van der Waals surface area contributed by atoms with Crippen LogP contribution in [0.5, 0.6) is 17.2 Å². The normalized spacial score (nSPS) is 11.7. The van der Waals surface area contributed by atoms with E-state index in [1.54, 1.807) is 26.0 Å². The third-order valence-electron chi connectivity index (χ3n) is 5.23.